The van der Waals surface area contributed by atoms with Gasteiger partial charge in [0.2, 0.25) is 0 Å². The quantitative estimate of drug-likeness (QED) is 0.0897. The molecule has 0 fully saturated rings. The van der Waals surface area contributed by atoms with E-state index in [4.69, 9.17) is 29.2 Å². The maximum absolute atomic E-state index is 12.7. The Labute approximate surface area is 265 Å². The lowest BCUT2D eigenvalue weighted by atomic mass is 10.0. The fourth-order valence-electron chi connectivity index (χ4n) is 4.38. The van der Waals surface area contributed by atoms with Crippen molar-refractivity contribution in [3.63, 3.8) is 0 Å². The summed E-state index contributed by atoms with van der Waals surface area (Å²) in [6.45, 7) is 3.94. The van der Waals surface area contributed by atoms with Crippen LogP contribution < -0.4 is 18.9 Å². The Balaban J connectivity index is 1.39. The van der Waals surface area contributed by atoms with Crippen molar-refractivity contribution >= 4 is 76.5 Å². The molecule has 2 atom stereocenters. The van der Waals surface area contributed by atoms with Crippen LogP contribution in [0.4, 0.5) is 0 Å². The molecule has 12 heteroatoms. The number of benzene rings is 2. The Kier molecular flexibility index (Phi) is 10.9. The number of hydrogen-bond acceptors (Lipinski definition) is 9. The third-order valence-electron chi connectivity index (χ3n) is 6.98. The van der Waals surface area contributed by atoms with Crippen molar-refractivity contribution in [2.45, 2.75) is 39.5 Å². The normalized spacial score (nSPS) is 12.7. The van der Waals surface area contributed by atoms with Gasteiger partial charge in [-0.2, -0.15) is 0 Å². The number of carboxylic acid groups (broad SMARTS) is 2. The van der Waals surface area contributed by atoms with Crippen molar-refractivity contribution in [3.05, 3.63) is 44.6 Å². The Bertz CT molecular complexity index is 1640. The summed E-state index contributed by atoms with van der Waals surface area (Å²) in [5.74, 6) is -0.910. The number of ketones is 1. The highest BCUT2D eigenvalue weighted by atomic mass is 79.9. The second kappa shape index (κ2) is 14.4. The van der Waals surface area contributed by atoms with Crippen molar-refractivity contribution in [1.82, 2.24) is 0 Å². The highest BCUT2D eigenvalue weighted by Crippen LogP contribution is 2.44. The van der Waals surface area contributed by atoms with Crippen molar-refractivity contribution in [2.75, 3.05) is 27.4 Å². The maximum Gasteiger partial charge on any atom is 0.306 e. The number of methoxy groups -OCH3 is 2. The zero-order valence-electron chi connectivity index (χ0n) is 24.2. The van der Waals surface area contributed by atoms with Crippen molar-refractivity contribution < 1.29 is 43.5 Å². The second-order valence-electron chi connectivity index (χ2n) is 10.2. The predicted molar refractivity (Wildman–Crippen MR) is 171 cm³/mol. The van der Waals surface area contributed by atoms with E-state index >= 15 is 0 Å². The number of thiophene rings is 2. The van der Waals surface area contributed by atoms with E-state index in [0.29, 0.717) is 64.8 Å². The highest BCUT2D eigenvalue weighted by molar-refractivity contribution is 9.10. The lowest BCUT2D eigenvalue weighted by molar-refractivity contribution is -0.142. The van der Waals surface area contributed by atoms with E-state index in [1.54, 1.807) is 38.5 Å². The van der Waals surface area contributed by atoms with E-state index < -0.39 is 23.8 Å². The molecule has 230 valence electrons. The number of Topliss-reactive ketones (excluding diaryl/α,β-unsaturated/α-hetero) is 1. The van der Waals surface area contributed by atoms with Crippen molar-refractivity contribution in [1.29, 1.82) is 0 Å². The van der Waals surface area contributed by atoms with Gasteiger partial charge in [-0.05, 0) is 52.4 Å². The largest absolute Gasteiger partial charge is 0.493 e. The van der Waals surface area contributed by atoms with Gasteiger partial charge in [0, 0.05) is 44.6 Å². The number of hydrogen-bond donors (Lipinski definition) is 2. The number of aryl methyl sites for hydroxylation is 1. The van der Waals surface area contributed by atoms with Gasteiger partial charge >= 0.3 is 11.9 Å². The molecule has 0 amide bonds. The van der Waals surface area contributed by atoms with E-state index in [-0.39, 0.29) is 12.2 Å². The third-order valence-corrected chi connectivity index (χ3v) is 10.1. The molecule has 4 aromatic rings. The Morgan fingerprint density at radius 1 is 0.837 bits per heavy atom. The monoisotopic (exact) mass is 692 g/mol. The standard InChI is InChI=1S/C31H33BrO9S2/c1-16(30(34)35)6-7-19-11-18-12-23(22(38-3)14-25(18)42-19)40-8-5-9-41-29-24(39-4)15-26-20(28(29)32)13-27(43-26)21(33)10-17(2)31(36)37/h11-17H,5-10H2,1-4H3,(H,34,35)(H,36,37). The molecule has 0 spiro atoms. The molecular weight excluding hydrogens is 660 g/mol. The van der Waals surface area contributed by atoms with E-state index in [9.17, 15) is 14.4 Å². The van der Waals surface area contributed by atoms with Gasteiger partial charge in [-0.3, -0.25) is 14.4 Å². The number of carboxylic acids is 2. The first-order valence-electron chi connectivity index (χ1n) is 13.7. The van der Waals surface area contributed by atoms with Gasteiger partial charge in [0.1, 0.15) is 0 Å². The van der Waals surface area contributed by atoms with Crippen LogP contribution >= 0.6 is 38.6 Å². The summed E-state index contributed by atoms with van der Waals surface area (Å²) < 4.78 is 25.8. The predicted octanol–water partition coefficient (Wildman–Crippen LogP) is 7.69. The van der Waals surface area contributed by atoms with Crippen molar-refractivity contribution in [3.8, 4) is 23.0 Å². The summed E-state index contributed by atoms with van der Waals surface area (Å²) in [6.07, 6.45) is 1.77. The topological polar surface area (TPSA) is 129 Å². The Morgan fingerprint density at radius 2 is 1.51 bits per heavy atom. The molecule has 0 aliphatic carbocycles. The highest BCUT2D eigenvalue weighted by Gasteiger charge is 2.22. The van der Waals surface area contributed by atoms with E-state index in [0.717, 1.165) is 25.0 Å². The van der Waals surface area contributed by atoms with Gasteiger partial charge in [0.15, 0.2) is 28.8 Å². The van der Waals surface area contributed by atoms with Gasteiger partial charge in [-0.15, -0.1) is 22.7 Å². The molecule has 0 aliphatic rings. The van der Waals surface area contributed by atoms with Gasteiger partial charge in [-0.1, -0.05) is 13.8 Å². The molecule has 0 aliphatic heterocycles. The summed E-state index contributed by atoms with van der Waals surface area (Å²) in [4.78, 5) is 36.6. The molecule has 0 bridgehead atoms. The van der Waals surface area contributed by atoms with Crippen LogP contribution in [0.1, 0.15) is 47.7 Å². The van der Waals surface area contributed by atoms with Crippen LogP contribution in [0.25, 0.3) is 20.2 Å². The van der Waals surface area contributed by atoms with Crippen LogP contribution in [0.5, 0.6) is 23.0 Å². The fraction of sp³-hybridized carbons (Fsp3) is 0.387. The first-order valence-corrected chi connectivity index (χ1v) is 16.1. The third kappa shape index (κ3) is 7.79. The molecule has 0 saturated carbocycles. The van der Waals surface area contributed by atoms with E-state index in [2.05, 4.69) is 22.0 Å². The molecule has 43 heavy (non-hydrogen) atoms. The first-order chi connectivity index (χ1) is 20.5. The van der Waals surface area contributed by atoms with Crippen LogP contribution in [0.15, 0.2) is 34.8 Å². The number of halogens is 1. The zero-order valence-corrected chi connectivity index (χ0v) is 27.4. The fourth-order valence-corrected chi connectivity index (χ4v) is 7.29. The number of carbonyl (C=O) groups excluding carboxylic acids is 1. The number of rotatable bonds is 16. The number of carbonyl (C=O) groups is 3. The maximum atomic E-state index is 12.7. The van der Waals surface area contributed by atoms with Crippen LogP contribution in [0, 0.1) is 11.8 Å². The lowest BCUT2D eigenvalue weighted by Gasteiger charge is -2.14. The van der Waals surface area contributed by atoms with Crippen LogP contribution in [0.3, 0.4) is 0 Å². The molecule has 2 heterocycles. The summed E-state index contributed by atoms with van der Waals surface area (Å²) in [7, 11) is 3.14. The Morgan fingerprint density at radius 3 is 2.19 bits per heavy atom. The van der Waals surface area contributed by atoms with Gasteiger partial charge < -0.3 is 29.2 Å². The van der Waals surface area contributed by atoms with Gasteiger partial charge in [0.25, 0.3) is 0 Å². The molecule has 2 aromatic carbocycles. The second-order valence-corrected chi connectivity index (χ2v) is 13.2. The minimum absolute atomic E-state index is 0.0718. The molecule has 9 nitrogen and oxygen atoms in total. The number of aliphatic carboxylic acids is 2. The summed E-state index contributed by atoms with van der Waals surface area (Å²) in [5, 5.41) is 20.1. The summed E-state index contributed by atoms with van der Waals surface area (Å²) >= 11 is 6.52. The van der Waals surface area contributed by atoms with Crippen LogP contribution in [-0.4, -0.2) is 55.4 Å². The number of fused-ring (bicyclic) bond motifs is 2. The molecule has 2 aromatic heterocycles. The number of ether oxygens (including phenoxy) is 4. The SMILES string of the molecule is COc1cc2sc(CCC(C)C(=O)O)cc2cc1OCCCOc1c(OC)cc2sc(C(=O)CC(C)C(=O)O)cc2c1Br. The lowest BCUT2D eigenvalue weighted by Crippen LogP contribution is -2.13. The average Bonchev–Trinajstić information content (AvgIpc) is 3.59. The van der Waals surface area contributed by atoms with Crippen LogP contribution in [-0.2, 0) is 16.0 Å². The van der Waals surface area contributed by atoms with E-state index in [1.165, 1.54) is 18.3 Å². The first kappa shape index (κ1) is 32.6. The molecule has 0 saturated heterocycles. The van der Waals surface area contributed by atoms with Crippen molar-refractivity contribution in [2.24, 2.45) is 11.8 Å². The van der Waals surface area contributed by atoms with Gasteiger partial charge in [-0.25, -0.2) is 0 Å². The molecule has 2 N–H and O–H groups in total. The van der Waals surface area contributed by atoms with Crippen LogP contribution in [0.2, 0.25) is 0 Å². The Hall–Kier alpha value is -3.35. The molecular formula is C31H33BrO9S2. The van der Waals surface area contributed by atoms with Gasteiger partial charge in [0.05, 0.1) is 48.6 Å². The van der Waals surface area contributed by atoms with E-state index in [1.807, 2.05) is 18.2 Å². The summed E-state index contributed by atoms with van der Waals surface area (Å²) in [5.41, 5.74) is 0. The summed E-state index contributed by atoms with van der Waals surface area (Å²) in [6, 6.07) is 9.51. The minimum Gasteiger partial charge on any atom is -0.493 e. The molecule has 2 unspecified atom stereocenters. The minimum atomic E-state index is -1.00. The molecule has 4 rings (SSSR count). The molecule has 0 radical (unpaired) electrons. The smallest absolute Gasteiger partial charge is 0.306 e. The average molecular weight is 694 g/mol. The zero-order chi connectivity index (χ0) is 31.3.